The van der Waals surface area contributed by atoms with Gasteiger partial charge < -0.3 is 64.6 Å². The lowest BCUT2D eigenvalue weighted by Crippen LogP contribution is -2.58. The second-order valence-electron chi connectivity index (χ2n) is 18.1. The molecule has 2 unspecified atom stereocenters. The molecule has 1 fully saturated rings. The predicted octanol–water partition coefficient (Wildman–Crippen LogP) is 5.95. The number of cyclic esters (lactones) is 1. The zero-order valence-corrected chi connectivity index (χ0v) is 43.2. The first kappa shape index (κ1) is 64.7. The molecular weight excluding hydrogens is 970 g/mol. The van der Waals surface area contributed by atoms with Crippen molar-refractivity contribution >= 4 is 27.6 Å². The van der Waals surface area contributed by atoms with Gasteiger partial charge in [-0.1, -0.05) is 126 Å². The van der Waals surface area contributed by atoms with Gasteiger partial charge in [0.2, 0.25) is 0 Å². The molecule has 0 amide bonds. The van der Waals surface area contributed by atoms with Crippen LogP contribution in [-0.2, 0) is 46.5 Å². The zero-order valence-electron chi connectivity index (χ0n) is 41.4. The largest absolute Gasteiger partial charge is 0.472 e. The van der Waals surface area contributed by atoms with Crippen LogP contribution >= 0.6 is 15.6 Å². The molecule has 2 aliphatic rings. The van der Waals surface area contributed by atoms with E-state index in [4.69, 9.17) is 27.8 Å². The number of aliphatic hydroxyl groups is 7. The van der Waals surface area contributed by atoms with E-state index in [1.165, 1.54) is 44.6 Å². The van der Waals surface area contributed by atoms with Crippen LogP contribution in [0.4, 0.5) is 0 Å². The van der Waals surface area contributed by atoms with Crippen molar-refractivity contribution in [2.45, 2.75) is 216 Å². The third kappa shape index (κ3) is 28.7. The molecule has 71 heavy (non-hydrogen) atoms. The van der Waals surface area contributed by atoms with E-state index in [1.807, 2.05) is 19.1 Å². The van der Waals surface area contributed by atoms with Gasteiger partial charge in [-0.15, -0.1) is 0 Å². The number of esters is 2. The Kier molecular flexibility index (Phi) is 33.2. The smallest absolute Gasteiger partial charge is 0.462 e. The molecule has 0 aromatic heterocycles. The number of hydrogen-bond acceptors (Lipinski definition) is 17. The van der Waals surface area contributed by atoms with Crippen LogP contribution in [0.2, 0.25) is 0 Å². The van der Waals surface area contributed by atoms with E-state index >= 15 is 0 Å². The van der Waals surface area contributed by atoms with Crippen molar-refractivity contribution in [3.05, 3.63) is 60.8 Å². The molecule has 13 atom stereocenters. The number of allylic oxidation sites excluding steroid dienone is 8. The standard InChI is InChI=1S/C49H84O20P2/c1-3-5-7-8-9-10-11-12-13-14-15-16-17-18-19-20-25-29-41(52)64-34-37-35-65-71(62,63)69-49-47(58)46(57)44(55)38(28-24-21-22-26-30-42(53)66-37)39(51)33-43(54)67-40(32-31-36(50)27-23-6-4-2)45(56)48(49)68-70(59,60)61/h12-13,15-16,18-19,21,24,31-32,36-40,43-51,54-58H,3-11,14,17,20,22-23,25-30,33-35H2,1-2H3,(H,62,63)(H2,59,60,61)/b13-12-,16-15-,19-18-,24-21-,32-31?/t36-,37+,38-,39-,40+,43?,44+,45+,46-,47+,48+,49-/m0/s1. The molecule has 0 aromatic rings. The number of phosphoric acid groups is 2. The second kappa shape index (κ2) is 36.5. The number of aliphatic hydroxyl groups excluding tert-OH is 7. The summed E-state index contributed by atoms with van der Waals surface area (Å²) in [6, 6.07) is 0. The summed E-state index contributed by atoms with van der Waals surface area (Å²) in [5, 5.41) is 78.9. The minimum atomic E-state index is -5.80. The van der Waals surface area contributed by atoms with Gasteiger partial charge in [0.05, 0.1) is 24.9 Å². The lowest BCUT2D eigenvalue weighted by atomic mass is 9.83. The van der Waals surface area contributed by atoms with Gasteiger partial charge in [0.25, 0.3) is 0 Å². The van der Waals surface area contributed by atoms with Crippen molar-refractivity contribution < 1.29 is 96.9 Å². The molecule has 0 spiro atoms. The van der Waals surface area contributed by atoms with Gasteiger partial charge in [0.1, 0.15) is 43.2 Å². The Morgan fingerprint density at radius 3 is 2.15 bits per heavy atom. The summed E-state index contributed by atoms with van der Waals surface area (Å²) in [5.74, 6) is -2.93. The first-order chi connectivity index (χ1) is 33.8. The van der Waals surface area contributed by atoms with Gasteiger partial charge in [0.15, 0.2) is 12.4 Å². The van der Waals surface area contributed by atoms with Crippen LogP contribution in [0.15, 0.2) is 60.8 Å². The fourth-order valence-electron chi connectivity index (χ4n) is 7.85. The fraction of sp³-hybridized carbons (Fsp3) is 0.755. The van der Waals surface area contributed by atoms with E-state index in [9.17, 15) is 69.1 Å². The molecule has 2 bridgehead atoms. The van der Waals surface area contributed by atoms with Crippen molar-refractivity contribution in [3.8, 4) is 0 Å². The molecular formula is C49H84O20P2. The highest BCUT2D eigenvalue weighted by atomic mass is 31.2. The summed E-state index contributed by atoms with van der Waals surface area (Å²) >= 11 is 0. The topological polar surface area (TPSA) is 326 Å². The van der Waals surface area contributed by atoms with E-state index in [1.54, 1.807) is 6.08 Å². The Morgan fingerprint density at radius 1 is 0.845 bits per heavy atom. The monoisotopic (exact) mass is 1050 g/mol. The van der Waals surface area contributed by atoms with E-state index in [2.05, 4.69) is 31.2 Å². The number of rotatable bonds is 25. The van der Waals surface area contributed by atoms with Crippen LogP contribution in [0.3, 0.4) is 0 Å². The molecule has 410 valence electrons. The number of fused-ring (bicyclic) bond motifs is 4. The normalized spacial score (nSPS) is 31.4. The van der Waals surface area contributed by atoms with E-state index in [0.29, 0.717) is 19.3 Å². The molecule has 22 heteroatoms. The van der Waals surface area contributed by atoms with Crippen LogP contribution in [0.25, 0.3) is 0 Å². The lowest BCUT2D eigenvalue weighted by Gasteiger charge is -2.41. The molecule has 1 saturated heterocycles. The Labute approximate surface area is 419 Å². The summed E-state index contributed by atoms with van der Waals surface area (Å²) in [5.41, 5.74) is 0. The molecule has 0 radical (unpaired) electrons. The van der Waals surface area contributed by atoms with Crippen LogP contribution in [0.5, 0.6) is 0 Å². The molecule has 0 aromatic carbocycles. The molecule has 2 rings (SSSR count). The van der Waals surface area contributed by atoms with Crippen molar-refractivity contribution in [2.24, 2.45) is 5.92 Å². The van der Waals surface area contributed by atoms with Crippen molar-refractivity contribution in [3.63, 3.8) is 0 Å². The third-order valence-corrected chi connectivity index (χ3v) is 13.4. The summed E-state index contributed by atoms with van der Waals surface area (Å²) in [6.07, 6.45) is 7.09. The lowest BCUT2D eigenvalue weighted by molar-refractivity contribution is -0.210. The maximum atomic E-state index is 13.7. The summed E-state index contributed by atoms with van der Waals surface area (Å²) < 4.78 is 57.7. The number of ether oxygens (including phenoxy) is 3. The molecule has 10 N–H and O–H groups in total. The highest BCUT2D eigenvalue weighted by Gasteiger charge is 2.50. The van der Waals surface area contributed by atoms with Crippen molar-refractivity contribution in [1.29, 1.82) is 0 Å². The number of phosphoric ester groups is 2. The van der Waals surface area contributed by atoms with Crippen LogP contribution in [0, 0.1) is 5.92 Å². The van der Waals surface area contributed by atoms with Crippen LogP contribution in [0.1, 0.15) is 149 Å². The van der Waals surface area contributed by atoms with Gasteiger partial charge in [-0.2, -0.15) is 0 Å². The Morgan fingerprint density at radius 2 is 1.48 bits per heavy atom. The van der Waals surface area contributed by atoms with E-state index < -0.39 is 120 Å². The second-order valence-corrected chi connectivity index (χ2v) is 20.7. The quantitative estimate of drug-likeness (QED) is 0.0219. The predicted molar refractivity (Wildman–Crippen MR) is 263 cm³/mol. The Hall–Kier alpha value is -2.46. The van der Waals surface area contributed by atoms with Crippen LogP contribution in [-0.4, -0.2) is 143 Å². The molecule has 0 saturated carbocycles. The molecule has 2 heterocycles. The Bertz CT molecular complexity index is 1720. The maximum Gasteiger partial charge on any atom is 0.472 e. The summed E-state index contributed by atoms with van der Waals surface area (Å²) in [6.45, 7) is 2.49. The number of carbonyl (C=O) groups excluding carboxylic acids is 2. The highest BCUT2D eigenvalue weighted by molar-refractivity contribution is 7.47. The molecule has 20 nitrogen and oxygen atoms in total. The first-order valence-corrected chi connectivity index (χ1v) is 28.3. The van der Waals surface area contributed by atoms with Gasteiger partial charge in [-0.25, -0.2) is 9.13 Å². The molecule has 2 aliphatic heterocycles. The fourth-order valence-corrected chi connectivity index (χ4v) is 9.38. The number of carbonyl (C=O) groups is 2. The summed E-state index contributed by atoms with van der Waals surface area (Å²) in [4.78, 5) is 56.7. The average Bonchev–Trinajstić information content (AvgIpc) is 3.31. The van der Waals surface area contributed by atoms with E-state index in [-0.39, 0.29) is 38.5 Å². The first-order valence-electron chi connectivity index (χ1n) is 25.2. The maximum absolute atomic E-state index is 13.7. The minimum Gasteiger partial charge on any atom is -0.462 e. The minimum absolute atomic E-state index is 0.0251. The highest BCUT2D eigenvalue weighted by Crippen LogP contribution is 2.49. The molecule has 0 aliphatic carbocycles. The van der Waals surface area contributed by atoms with Gasteiger partial charge in [-0.05, 0) is 64.2 Å². The third-order valence-electron chi connectivity index (χ3n) is 11.9. The van der Waals surface area contributed by atoms with Crippen molar-refractivity contribution in [2.75, 3.05) is 13.2 Å². The average molecular weight is 1060 g/mol. The SMILES string of the molecule is CCCCCCCC/C=C\C/C=C\C/C=C\CCCC(=O)OC[C@@H]1COP(=O)(O)O[C@H]2[C@H](O)[C@@H](O)[C@H](O)[C@@H](C/C=C\CCCC(=O)O1)[C@@H](O)CC(O)O[C@H](C=C[C@@H](O)CCCCC)[C@@H](O)[C@H]2OP(=O)(O)O. The Balaban J connectivity index is 2.30. The van der Waals surface area contributed by atoms with Crippen LogP contribution < -0.4 is 0 Å². The van der Waals surface area contributed by atoms with Gasteiger partial charge in [-0.3, -0.25) is 23.2 Å². The number of hydrogen-bond donors (Lipinski definition) is 10. The summed E-state index contributed by atoms with van der Waals surface area (Å²) in [7, 11) is -11.5. The van der Waals surface area contributed by atoms with Gasteiger partial charge >= 0.3 is 27.6 Å². The number of unbranched alkanes of at least 4 members (excludes halogenated alkanes) is 9. The van der Waals surface area contributed by atoms with E-state index in [0.717, 1.165) is 44.3 Å². The van der Waals surface area contributed by atoms with Crippen molar-refractivity contribution in [1.82, 2.24) is 0 Å². The van der Waals surface area contributed by atoms with Gasteiger partial charge in [0, 0.05) is 25.2 Å². The zero-order chi connectivity index (χ0) is 52.7.